The summed E-state index contributed by atoms with van der Waals surface area (Å²) in [7, 11) is 0. The number of carboxylic acid groups (broad SMARTS) is 1. The smallest absolute Gasteiger partial charge is 0.339 e. The molecule has 0 saturated carbocycles. The predicted octanol–water partition coefficient (Wildman–Crippen LogP) is 2.64. The number of hydrogen-bond acceptors (Lipinski definition) is 3. The van der Waals surface area contributed by atoms with Gasteiger partial charge in [-0.15, -0.1) is 0 Å². The Kier molecular flexibility index (Phi) is 2.71. The number of aromatic carboxylic acids is 1. The van der Waals surface area contributed by atoms with E-state index in [1.807, 2.05) is 18.2 Å². The molecule has 1 heterocycles. The van der Waals surface area contributed by atoms with E-state index in [2.05, 4.69) is 18.8 Å². The fourth-order valence-electron chi connectivity index (χ4n) is 1.74. The summed E-state index contributed by atoms with van der Waals surface area (Å²) in [6.45, 7) is 4.17. The summed E-state index contributed by atoms with van der Waals surface area (Å²) in [6, 6.07) is 7.39. The first-order valence-electron chi connectivity index (χ1n) is 5.42. The molecule has 0 amide bonds. The first kappa shape index (κ1) is 11.4. The predicted molar refractivity (Wildman–Crippen MR) is 67.2 cm³/mol. The Morgan fingerprint density at radius 1 is 1.35 bits per heavy atom. The number of nitrogens with zero attached hydrogens (tertiary/aromatic N) is 1. The topological polar surface area (TPSA) is 76.2 Å². The van der Waals surface area contributed by atoms with Gasteiger partial charge in [0.25, 0.3) is 0 Å². The van der Waals surface area contributed by atoms with Crippen molar-refractivity contribution in [3.8, 4) is 0 Å². The molecule has 0 aliphatic carbocycles. The van der Waals surface area contributed by atoms with Gasteiger partial charge in [-0.2, -0.15) is 0 Å². The minimum Gasteiger partial charge on any atom is -0.478 e. The van der Waals surface area contributed by atoms with E-state index in [0.29, 0.717) is 5.92 Å². The highest BCUT2D eigenvalue weighted by atomic mass is 16.4. The van der Waals surface area contributed by atoms with Crippen molar-refractivity contribution in [1.29, 1.82) is 0 Å². The monoisotopic (exact) mass is 230 g/mol. The second-order valence-corrected chi connectivity index (χ2v) is 4.33. The number of carboxylic acids is 1. The summed E-state index contributed by atoms with van der Waals surface area (Å²) < 4.78 is 0. The molecule has 2 rings (SSSR count). The summed E-state index contributed by atoms with van der Waals surface area (Å²) >= 11 is 0. The molecule has 0 unspecified atom stereocenters. The van der Waals surface area contributed by atoms with Crippen LogP contribution in [-0.2, 0) is 0 Å². The number of hydrogen-bond donors (Lipinski definition) is 2. The Morgan fingerprint density at radius 2 is 2.06 bits per heavy atom. The van der Waals surface area contributed by atoms with Gasteiger partial charge >= 0.3 is 5.97 Å². The third-order valence-corrected chi connectivity index (χ3v) is 2.77. The van der Waals surface area contributed by atoms with Gasteiger partial charge in [0.15, 0.2) is 0 Å². The summed E-state index contributed by atoms with van der Waals surface area (Å²) in [5, 5.41) is 9.79. The van der Waals surface area contributed by atoms with Crippen molar-refractivity contribution in [3.63, 3.8) is 0 Å². The maximum absolute atomic E-state index is 11.0. The molecule has 4 heteroatoms. The van der Waals surface area contributed by atoms with E-state index in [1.165, 1.54) is 0 Å². The fraction of sp³-hybridized carbons (Fsp3) is 0.231. The molecule has 2 aromatic rings. The maximum Gasteiger partial charge on any atom is 0.339 e. The molecule has 0 atom stereocenters. The molecule has 4 nitrogen and oxygen atoms in total. The van der Waals surface area contributed by atoms with Gasteiger partial charge in [-0.3, -0.25) is 0 Å². The van der Waals surface area contributed by atoms with Crippen molar-refractivity contribution in [2.24, 2.45) is 0 Å². The highest BCUT2D eigenvalue weighted by Gasteiger charge is 2.11. The van der Waals surface area contributed by atoms with Crippen LogP contribution in [0.25, 0.3) is 10.9 Å². The molecule has 0 aliphatic rings. The molecule has 88 valence electrons. The number of anilines is 1. The number of benzene rings is 1. The van der Waals surface area contributed by atoms with E-state index >= 15 is 0 Å². The SMILES string of the molecule is CC(C)c1ccc2nc(N)c(C(=O)O)cc2c1. The number of nitrogen functional groups attached to an aromatic ring is 1. The number of pyridine rings is 1. The molecule has 0 radical (unpaired) electrons. The maximum atomic E-state index is 11.0. The van der Waals surface area contributed by atoms with Gasteiger partial charge in [-0.25, -0.2) is 9.78 Å². The molecule has 0 fully saturated rings. The highest BCUT2D eigenvalue weighted by Crippen LogP contribution is 2.23. The van der Waals surface area contributed by atoms with Crippen LogP contribution < -0.4 is 5.73 Å². The Labute approximate surface area is 99.1 Å². The van der Waals surface area contributed by atoms with Crippen LogP contribution in [0.4, 0.5) is 5.82 Å². The number of nitrogens with two attached hydrogens (primary N) is 1. The summed E-state index contributed by atoms with van der Waals surface area (Å²) in [5.41, 5.74) is 7.52. The first-order valence-corrected chi connectivity index (χ1v) is 5.42. The van der Waals surface area contributed by atoms with Gasteiger partial charge in [0.1, 0.15) is 11.4 Å². The van der Waals surface area contributed by atoms with Crippen LogP contribution >= 0.6 is 0 Å². The normalized spacial score (nSPS) is 11.0. The van der Waals surface area contributed by atoms with Crippen LogP contribution in [-0.4, -0.2) is 16.1 Å². The van der Waals surface area contributed by atoms with Crippen LogP contribution in [0.3, 0.4) is 0 Å². The lowest BCUT2D eigenvalue weighted by molar-refractivity contribution is 0.0698. The first-order chi connectivity index (χ1) is 7.99. The van der Waals surface area contributed by atoms with Crippen molar-refractivity contribution in [3.05, 3.63) is 35.4 Å². The van der Waals surface area contributed by atoms with E-state index in [1.54, 1.807) is 6.07 Å². The zero-order chi connectivity index (χ0) is 12.6. The van der Waals surface area contributed by atoms with Crippen LogP contribution in [0.5, 0.6) is 0 Å². The highest BCUT2D eigenvalue weighted by molar-refractivity contribution is 5.97. The Morgan fingerprint density at radius 3 is 2.65 bits per heavy atom. The van der Waals surface area contributed by atoms with Gasteiger partial charge in [-0.05, 0) is 29.7 Å². The van der Waals surface area contributed by atoms with E-state index in [4.69, 9.17) is 10.8 Å². The molecule has 0 spiro atoms. The molecule has 1 aromatic heterocycles. The summed E-state index contributed by atoms with van der Waals surface area (Å²) in [4.78, 5) is 15.1. The third-order valence-electron chi connectivity index (χ3n) is 2.77. The van der Waals surface area contributed by atoms with Gasteiger partial charge in [0.2, 0.25) is 0 Å². The minimum atomic E-state index is -1.05. The lowest BCUT2D eigenvalue weighted by atomic mass is 10.0. The summed E-state index contributed by atoms with van der Waals surface area (Å²) in [5.74, 6) is -0.598. The molecule has 17 heavy (non-hydrogen) atoms. The molecule has 0 bridgehead atoms. The van der Waals surface area contributed by atoms with Crippen LogP contribution in [0.2, 0.25) is 0 Å². The quantitative estimate of drug-likeness (QED) is 0.831. The van der Waals surface area contributed by atoms with E-state index < -0.39 is 5.97 Å². The van der Waals surface area contributed by atoms with Crippen molar-refractivity contribution in [2.75, 3.05) is 5.73 Å². The standard InChI is InChI=1S/C13H14N2O2/c1-7(2)8-3-4-11-9(5-8)6-10(13(16)17)12(14)15-11/h3-7H,1-2H3,(H2,14,15)(H,16,17). The molecular weight excluding hydrogens is 216 g/mol. The molecule has 0 saturated heterocycles. The van der Waals surface area contributed by atoms with Gasteiger partial charge in [0, 0.05) is 5.39 Å². The Balaban J connectivity index is 2.68. The molecule has 3 N–H and O–H groups in total. The van der Waals surface area contributed by atoms with Crippen molar-refractivity contribution in [1.82, 2.24) is 4.98 Å². The van der Waals surface area contributed by atoms with Gasteiger partial charge in [0.05, 0.1) is 5.52 Å². The number of carbonyl (C=O) groups is 1. The Bertz CT molecular complexity index is 591. The zero-order valence-corrected chi connectivity index (χ0v) is 9.77. The lowest BCUT2D eigenvalue weighted by Gasteiger charge is -2.08. The third kappa shape index (κ3) is 2.06. The molecule has 1 aromatic carbocycles. The fourth-order valence-corrected chi connectivity index (χ4v) is 1.74. The van der Waals surface area contributed by atoms with Gasteiger partial charge in [-0.1, -0.05) is 19.9 Å². The number of fused-ring (bicyclic) bond motifs is 1. The largest absolute Gasteiger partial charge is 0.478 e. The van der Waals surface area contributed by atoms with E-state index in [0.717, 1.165) is 16.5 Å². The van der Waals surface area contributed by atoms with E-state index in [9.17, 15) is 4.79 Å². The number of aromatic nitrogens is 1. The van der Waals surface area contributed by atoms with E-state index in [-0.39, 0.29) is 11.4 Å². The minimum absolute atomic E-state index is 0.0541. The summed E-state index contributed by atoms with van der Waals surface area (Å²) in [6.07, 6.45) is 0. The molecule has 0 aliphatic heterocycles. The average molecular weight is 230 g/mol. The average Bonchev–Trinajstić information content (AvgIpc) is 2.27. The van der Waals surface area contributed by atoms with Crippen molar-refractivity contribution >= 4 is 22.7 Å². The number of rotatable bonds is 2. The lowest BCUT2D eigenvalue weighted by Crippen LogP contribution is -2.04. The van der Waals surface area contributed by atoms with Crippen LogP contribution in [0, 0.1) is 0 Å². The van der Waals surface area contributed by atoms with Crippen molar-refractivity contribution < 1.29 is 9.90 Å². The Hall–Kier alpha value is -2.10. The zero-order valence-electron chi connectivity index (χ0n) is 9.77. The molecular formula is C13H14N2O2. The van der Waals surface area contributed by atoms with Crippen LogP contribution in [0.1, 0.15) is 35.7 Å². The van der Waals surface area contributed by atoms with Crippen LogP contribution in [0.15, 0.2) is 24.3 Å². The second-order valence-electron chi connectivity index (χ2n) is 4.33. The second kappa shape index (κ2) is 4.05. The van der Waals surface area contributed by atoms with Gasteiger partial charge < -0.3 is 10.8 Å². The van der Waals surface area contributed by atoms with Crippen molar-refractivity contribution in [2.45, 2.75) is 19.8 Å².